The van der Waals surface area contributed by atoms with Gasteiger partial charge in [0.25, 0.3) is 0 Å². The van der Waals surface area contributed by atoms with Gasteiger partial charge in [0.05, 0.1) is 25.8 Å². The molecule has 1 aliphatic carbocycles. The molecule has 1 aromatic heterocycles. The number of carbonyl (C=O) groups is 1. The summed E-state index contributed by atoms with van der Waals surface area (Å²) < 4.78 is 6.54. The summed E-state index contributed by atoms with van der Waals surface area (Å²) in [6.07, 6.45) is 2.94. The third-order valence-corrected chi connectivity index (χ3v) is 3.43. The van der Waals surface area contributed by atoms with E-state index in [-0.39, 0.29) is 5.97 Å². The molecule has 18 heavy (non-hydrogen) atoms. The molecule has 2 rings (SSSR count). The topological polar surface area (TPSA) is 56.2 Å². The number of hydrogen-bond donors (Lipinski definition) is 1. The molecule has 1 heterocycles. The molecule has 1 aliphatic rings. The molecule has 0 bridgehead atoms. The van der Waals surface area contributed by atoms with Gasteiger partial charge in [-0.25, -0.2) is 0 Å². The van der Waals surface area contributed by atoms with E-state index in [1.54, 1.807) is 0 Å². The van der Waals surface area contributed by atoms with Crippen LogP contribution in [0.4, 0.5) is 0 Å². The summed E-state index contributed by atoms with van der Waals surface area (Å²) in [7, 11) is 1.41. The van der Waals surface area contributed by atoms with Crippen molar-refractivity contribution in [1.82, 2.24) is 15.1 Å². The Bertz CT molecular complexity index is 436. The highest BCUT2D eigenvalue weighted by molar-refractivity contribution is 5.68. The molecule has 5 nitrogen and oxygen atoms in total. The van der Waals surface area contributed by atoms with Crippen LogP contribution in [-0.2, 0) is 22.6 Å². The second kappa shape index (κ2) is 5.52. The zero-order valence-corrected chi connectivity index (χ0v) is 11.3. The van der Waals surface area contributed by atoms with Gasteiger partial charge in [-0.05, 0) is 26.7 Å². The lowest BCUT2D eigenvalue weighted by Gasteiger charge is -2.05. The third-order valence-electron chi connectivity index (χ3n) is 3.43. The SMILES string of the molecule is COC(=O)CCn1nc(C)c(CNC2CC2)c1C. The van der Waals surface area contributed by atoms with Crippen molar-refractivity contribution in [2.24, 2.45) is 0 Å². The number of nitrogens with zero attached hydrogens (tertiary/aromatic N) is 2. The van der Waals surface area contributed by atoms with Crippen molar-refractivity contribution in [3.05, 3.63) is 17.0 Å². The summed E-state index contributed by atoms with van der Waals surface area (Å²) in [5, 5.41) is 7.98. The van der Waals surface area contributed by atoms with E-state index in [2.05, 4.69) is 22.1 Å². The van der Waals surface area contributed by atoms with Gasteiger partial charge in [-0.2, -0.15) is 5.10 Å². The van der Waals surface area contributed by atoms with Gasteiger partial charge in [0, 0.05) is 23.8 Å². The van der Waals surface area contributed by atoms with Crippen LogP contribution in [0.3, 0.4) is 0 Å². The summed E-state index contributed by atoms with van der Waals surface area (Å²) in [6, 6.07) is 0.696. The number of aromatic nitrogens is 2. The van der Waals surface area contributed by atoms with Crippen molar-refractivity contribution in [1.29, 1.82) is 0 Å². The second-order valence-electron chi connectivity index (χ2n) is 4.85. The van der Waals surface area contributed by atoms with Crippen LogP contribution in [0.2, 0.25) is 0 Å². The third kappa shape index (κ3) is 3.10. The van der Waals surface area contributed by atoms with Gasteiger partial charge in [0.15, 0.2) is 0 Å². The molecule has 1 N–H and O–H groups in total. The molecule has 0 unspecified atom stereocenters. The van der Waals surface area contributed by atoms with E-state index in [0.29, 0.717) is 19.0 Å². The van der Waals surface area contributed by atoms with Crippen LogP contribution < -0.4 is 5.32 Å². The Morgan fingerprint density at radius 3 is 2.83 bits per heavy atom. The molecule has 100 valence electrons. The highest BCUT2D eigenvalue weighted by atomic mass is 16.5. The summed E-state index contributed by atoms with van der Waals surface area (Å²) in [6.45, 7) is 5.54. The van der Waals surface area contributed by atoms with E-state index in [4.69, 9.17) is 0 Å². The summed E-state index contributed by atoms with van der Waals surface area (Å²) in [5.41, 5.74) is 3.45. The maximum Gasteiger partial charge on any atom is 0.307 e. The van der Waals surface area contributed by atoms with Gasteiger partial charge >= 0.3 is 5.97 Å². The zero-order valence-electron chi connectivity index (χ0n) is 11.3. The average Bonchev–Trinajstić information content (AvgIpc) is 3.13. The Morgan fingerprint density at radius 2 is 2.22 bits per heavy atom. The molecule has 0 aliphatic heterocycles. The van der Waals surface area contributed by atoms with Gasteiger partial charge in [0.2, 0.25) is 0 Å². The normalized spacial score (nSPS) is 14.8. The first kappa shape index (κ1) is 13.1. The average molecular weight is 251 g/mol. The predicted octanol–water partition coefficient (Wildman–Crippen LogP) is 1.32. The number of esters is 1. The molecule has 0 spiro atoms. The van der Waals surface area contributed by atoms with Crippen molar-refractivity contribution in [3.8, 4) is 0 Å². The Labute approximate surface area is 108 Å². The lowest BCUT2D eigenvalue weighted by molar-refractivity contribution is -0.140. The van der Waals surface area contributed by atoms with E-state index in [9.17, 15) is 4.79 Å². The summed E-state index contributed by atoms with van der Waals surface area (Å²) >= 11 is 0. The fourth-order valence-corrected chi connectivity index (χ4v) is 2.04. The monoisotopic (exact) mass is 251 g/mol. The highest BCUT2D eigenvalue weighted by Gasteiger charge is 2.21. The van der Waals surface area contributed by atoms with Crippen LogP contribution in [0.15, 0.2) is 0 Å². The standard InChI is InChI=1S/C13H21N3O2/c1-9-12(8-14-11-4-5-11)10(2)16(15-9)7-6-13(17)18-3/h11,14H,4-8H2,1-3H3. The molecule has 0 aromatic carbocycles. The Balaban J connectivity index is 1.97. The number of methoxy groups -OCH3 is 1. The highest BCUT2D eigenvalue weighted by Crippen LogP contribution is 2.21. The number of ether oxygens (including phenoxy) is 1. The van der Waals surface area contributed by atoms with Crippen LogP contribution in [0.1, 0.15) is 36.2 Å². The van der Waals surface area contributed by atoms with Gasteiger partial charge in [-0.3, -0.25) is 9.48 Å². The van der Waals surface area contributed by atoms with Gasteiger partial charge in [-0.1, -0.05) is 0 Å². The minimum absolute atomic E-state index is 0.194. The van der Waals surface area contributed by atoms with Crippen molar-refractivity contribution in [2.45, 2.75) is 52.2 Å². The first-order valence-corrected chi connectivity index (χ1v) is 6.45. The molecule has 1 aromatic rings. The van der Waals surface area contributed by atoms with Crippen molar-refractivity contribution < 1.29 is 9.53 Å². The molecule has 0 amide bonds. The van der Waals surface area contributed by atoms with E-state index >= 15 is 0 Å². The Hall–Kier alpha value is -1.36. The van der Waals surface area contributed by atoms with Crippen molar-refractivity contribution >= 4 is 5.97 Å². The fraction of sp³-hybridized carbons (Fsp3) is 0.692. The molecule has 5 heteroatoms. The van der Waals surface area contributed by atoms with E-state index in [1.807, 2.05) is 11.6 Å². The van der Waals surface area contributed by atoms with Crippen molar-refractivity contribution in [2.75, 3.05) is 7.11 Å². The van der Waals surface area contributed by atoms with Gasteiger partial charge in [-0.15, -0.1) is 0 Å². The van der Waals surface area contributed by atoms with Gasteiger partial charge < -0.3 is 10.1 Å². The summed E-state index contributed by atoms with van der Waals surface area (Å²) in [4.78, 5) is 11.1. The maximum atomic E-state index is 11.1. The fourth-order valence-electron chi connectivity index (χ4n) is 2.04. The van der Waals surface area contributed by atoms with E-state index in [0.717, 1.165) is 17.9 Å². The first-order chi connectivity index (χ1) is 8.61. The van der Waals surface area contributed by atoms with Gasteiger partial charge in [0.1, 0.15) is 0 Å². The van der Waals surface area contributed by atoms with Crippen molar-refractivity contribution in [3.63, 3.8) is 0 Å². The Kier molecular flexibility index (Phi) is 4.01. The molecule has 1 fully saturated rings. The quantitative estimate of drug-likeness (QED) is 0.775. The van der Waals surface area contributed by atoms with Crippen LogP contribution >= 0.6 is 0 Å². The predicted molar refractivity (Wildman–Crippen MR) is 68.2 cm³/mol. The summed E-state index contributed by atoms with van der Waals surface area (Å²) in [5.74, 6) is -0.194. The van der Waals surface area contributed by atoms with Crippen LogP contribution in [0.5, 0.6) is 0 Å². The smallest absolute Gasteiger partial charge is 0.307 e. The molecule has 0 saturated heterocycles. The number of aryl methyl sites for hydroxylation is 2. The lowest BCUT2D eigenvalue weighted by atomic mass is 10.2. The van der Waals surface area contributed by atoms with Crippen LogP contribution in [0, 0.1) is 13.8 Å². The molecule has 0 radical (unpaired) electrons. The lowest BCUT2D eigenvalue weighted by Crippen LogP contribution is -2.16. The first-order valence-electron chi connectivity index (χ1n) is 6.45. The number of nitrogens with one attached hydrogen (secondary N) is 1. The molecular formula is C13H21N3O2. The number of rotatable bonds is 6. The molecule has 0 atom stereocenters. The number of carbonyl (C=O) groups excluding carboxylic acids is 1. The van der Waals surface area contributed by atoms with E-state index < -0.39 is 0 Å². The largest absolute Gasteiger partial charge is 0.469 e. The minimum atomic E-state index is -0.194. The molecule has 1 saturated carbocycles. The van der Waals surface area contributed by atoms with Crippen LogP contribution in [0.25, 0.3) is 0 Å². The molecular weight excluding hydrogens is 230 g/mol. The zero-order chi connectivity index (χ0) is 13.1. The van der Waals surface area contributed by atoms with E-state index in [1.165, 1.54) is 25.5 Å². The Morgan fingerprint density at radius 1 is 1.50 bits per heavy atom. The second-order valence-corrected chi connectivity index (χ2v) is 4.85. The minimum Gasteiger partial charge on any atom is -0.469 e. The maximum absolute atomic E-state index is 11.1. The number of hydrogen-bond acceptors (Lipinski definition) is 4. The van der Waals surface area contributed by atoms with Crippen LogP contribution in [-0.4, -0.2) is 28.9 Å².